The van der Waals surface area contributed by atoms with Gasteiger partial charge in [-0.3, -0.25) is 0 Å². The first-order chi connectivity index (χ1) is 6.24. The number of carbonyl (C=O) groups is 1. The van der Waals surface area contributed by atoms with Gasteiger partial charge in [-0.1, -0.05) is 29.5 Å². The molecule has 0 bridgehead atoms. The summed E-state index contributed by atoms with van der Waals surface area (Å²) >= 11 is 5.89. The predicted molar refractivity (Wildman–Crippen MR) is 53.7 cm³/mol. The van der Waals surface area contributed by atoms with Crippen molar-refractivity contribution < 1.29 is 4.79 Å². The van der Waals surface area contributed by atoms with Crippen molar-refractivity contribution in [3.8, 4) is 11.8 Å². The molecule has 1 aromatic rings. The van der Waals surface area contributed by atoms with E-state index in [1.54, 1.807) is 6.07 Å². The number of halogens is 1. The molecule has 2 heteroatoms. The van der Waals surface area contributed by atoms with Crippen LogP contribution >= 0.6 is 11.6 Å². The van der Waals surface area contributed by atoms with Crippen LogP contribution < -0.4 is 0 Å². The maximum Gasteiger partial charge on any atom is 0.131 e. The summed E-state index contributed by atoms with van der Waals surface area (Å²) in [5.41, 5.74) is 1.88. The second-order valence-corrected chi connectivity index (χ2v) is 3.04. The molecule has 0 aliphatic rings. The van der Waals surface area contributed by atoms with Crippen molar-refractivity contribution in [3.05, 3.63) is 34.3 Å². The van der Waals surface area contributed by atoms with E-state index >= 15 is 0 Å². The van der Waals surface area contributed by atoms with E-state index in [1.807, 2.05) is 19.1 Å². The van der Waals surface area contributed by atoms with E-state index in [4.69, 9.17) is 11.6 Å². The van der Waals surface area contributed by atoms with Crippen LogP contribution in [0, 0.1) is 18.8 Å². The highest BCUT2D eigenvalue weighted by atomic mass is 35.5. The summed E-state index contributed by atoms with van der Waals surface area (Å²) in [6.45, 7) is 1.94. The van der Waals surface area contributed by atoms with Gasteiger partial charge < -0.3 is 4.79 Å². The maximum absolute atomic E-state index is 9.99. The summed E-state index contributed by atoms with van der Waals surface area (Å²) in [7, 11) is 0. The van der Waals surface area contributed by atoms with Gasteiger partial charge >= 0.3 is 0 Å². The lowest BCUT2D eigenvalue weighted by Crippen LogP contribution is -1.78. The molecule has 0 saturated carbocycles. The smallest absolute Gasteiger partial charge is 0.131 e. The third-order valence-corrected chi connectivity index (χ3v) is 2.00. The van der Waals surface area contributed by atoms with Crippen LogP contribution in [-0.4, -0.2) is 6.29 Å². The Morgan fingerprint density at radius 1 is 1.54 bits per heavy atom. The number of aryl methyl sites for hydroxylation is 1. The van der Waals surface area contributed by atoms with Crippen molar-refractivity contribution >= 4 is 17.9 Å². The van der Waals surface area contributed by atoms with Gasteiger partial charge in [-0.2, -0.15) is 0 Å². The first-order valence-corrected chi connectivity index (χ1v) is 4.30. The van der Waals surface area contributed by atoms with Gasteiger partial charge in [-0.15, -0.1) is 0 Å². The zero-order valence-electron chi connectivity index (χ0n) is 7.30. The van der Waals surface area contributed by atoms with E-state index in [-0.39, 0.29) is 6.42 Å². The zero-order chi connectivity index (χ0) is 9.68. The first-order valence-electron chi connectivity index (χ1n) is 3.92. The summed E-state index contributed by atoms with van der Waals surface area (Å²) in [5, 5.41) is 0.706. The average molecular weight is 193 g/mol. The molecule has 0 unspecified atom stereocenters. The molecule has 0 aliphatic heterocycles. The molecule has 0 heterocycles. The third kappa shape index (κ3) is 2.93. The number of aldehydes is 1. The second kappa shape index (κ2) is 4.69. The molecule has 0 atom stereocenters. The van der Waals surface area contributed by atoms with E-state index < -0.39 is 0 Å². The zero-order valence-corrected chi connectivity index (χ0v) is 8.06. The van der Waals surface area contributed by atoms with Gasteiger partial charge in [0.25, 0.3) is 0 Å². The van der Waals surface area contributed by atoms with Crippen LogP contribution in [0.1, 0.15) is 17.5 Å². The molecule has 0 aliphatic carbocycles. The van der Waals surface area contributed by atoms with E-state index in [0.29, 0.717) is 5.02 Å². The van der Waals surface area contributed by atoms with Gasteiger partial charge in [-0.25, -0.2) is 0 Å². The summed E-state index contributed by atoms with van der Waals surface area (Å²) in [5.74, 6) is 5.57. The van der Waals surface area contributed by atoms with Gasteiger partial charge in [0.1, 0.15) is 6.29 Å². The Morgan fingerprint density at radius 3 is 2.92 bits per heavy atom. The molecule has 0 aromatic heterocycles. The Balaban J connectivity index is 2.87. The van der Waals surface area contributed by atoms with Crippen LogP contribution in [0.25, 0.3) is 0 Å². The Labute approximate surface area is 82.7 Å². The topological polar surface area (TPSA) is 17.1 Å². The molecule has 1 aromatic carbocycles. The van der Waals surface area contributed by atoms with Crippen molar-refractivity contribution in [2.45, 2.75) is 13.3 Å². The Kier molecular flexibility index (Phi) is 3.54. The molecule has 0 amide bonds. The van der Waals surface area contributed by atoms with E-state index in [0.717, 1.165) is 17.4 Å². The van der Waals surface area contributed by atoms with Crippen LogP contribution in [0.15, 0.2) is 18.2 Å². The summed E-state index contributed by atoms with van der Waals surface area (Å²) in [6.07, 6.45) is 1.05. The lowest BCUT2D eigenvalue weighted by atomic mass is 10.1. The molecule has 1 rings (SSSR count). The van der Waals surface area contributed by atoms with Crippen molar-refractivity contribution in [2.24, 2.45) is 0 Å². The fourth-order valence-electron chi connectivity index (χ4n) is 0.865. The van der Waals surface area contributed by atoms with E-state index in [9.17, 15) is 4.79 Å². The third-order valence-electron chi connectivity index (χ3n) is 1.59. The van der Waals surface area contributed by atoms with E-state index in [1.165, 1.54) is 0 Å². The van der Waals surface area contributed by atoms with Crippen LogP contribution in [0.4, 0.5) is 0 Å². The Bertz CT molecular complexity index is 371. The molecule has 0 N–H and O–H groups in total. The highest BCUT2D eigenvalue weighted by Crippen LogP contribution is 2.15. The standard InChI is InChI=1S/C11H9ClO/c1-9-5-6-10(8-11(9)12)4-2-3-7-13/h5-8H,3H2,1H3. The normalized spacial score (nSPS) is 8.77. The molecule has 0 fully saturated rings. The van der Waals surface area contributed by atoms with Crippen LogP contribution in [0.3, 0.4) is 0 Å². The fraction of sp³-hybridized carbons (Fsp3) is 0.182. The number of hydrogen-bond acceptors (Lipinski definition) is 1. The quantitative estimate of drug-likeness (QED) is 0.494. The van der Waals surface area contributed by atoms with Crippen molar-refractivity contribution in [1.29, 1.82) is 0 Å². The summed E-state index contributed by atoms with van der Waals surface area (Å²) in [6, 6.07) is 5.60. The van der Waals surface area contributed by atoms with Gasteiger partial charge in [0.2, 0.25) is 0 Å². The summed E-state index contributed by atoms with van der Waals surface area (Å²) in [4.78, 5) is 9.99. The SMILES string of the molecule is Cc1ccc(C#CCC=O)cc1Cl. The number of hydrogen-bond donors (Lipinski definition) is 0. The van der Waals surface area contributed by atoms with E-state index in [2.05, 4.69) is 11.8 Å². The molecule has 0 radical (unpaired) electrons. The first kappa shape index (κ1) is 9.83. The Hall–Kier alpha value is -1.26. The molecule has 1 nitrogen and oxygen atoms in total. The van der Waals surface area contributed by atoms with Crippen LogP contribution in [0.5, 0.6) is 0 Å². The van der Waals surface area contributed by atoms with Gasteiger partial charge in [0.05, 0.1) is 6.42 Å². The minimum atomic E-state index is 0.269. The predicted octanol–water partition coefficient (Wildman–Crippen LogP) is 2.59. The largest absolute Gasteiger partial charge is 0.302 e. The lowest BCUT2D eigenvalue weighted by Gasteiger charge is -1.96. The minimum Gasteiger partial charge on any atom is -0.302 e. The second-order valence-electron chi connectivity index (χ2n) is 2.64. The van der Waals surface area contributed by atoms with Gasteiger partial charge in [-0.05, 0) is 24.6 Å². The maximum atomic E-state index is 9.99. The van der Waals surface area contributed by atoms with Gasteiger partial charge in [0, 0.05) is 10.6 Å². The molecule has 66 valence electrons. The van der Waals surface area contributed by atoms with Crippen LogP contribution in [-0.2, 0) is 4.79 Å². The highest BCUT2D eigenvalue weighted by molar-refractivity contribution is 6.31. The van der Waals surface area contributed by atoms with Crippen LogP contribution in [0.2, 0.25) is 5.02 Å². The minimum absolute atomic E-state index is 0.269. The molecule has 0 saturated heterocycles. The van der Waals surface area contributed by atoms with Crippen molar-refractivity contribution in [2.75, 3.05) is 0 Å². The number of carbonyl (C=O) groups excluding carboxylic acids is 1. The Morgan fingerprint density at radius 2 is 2.31 bits per heavy atom. The highest BCUT2D eigenvalue weighted by Gasteiger charge is 1.93. The van der Waals surface area contributed by atoms with Crippen molar-refractivity contribution in [3.63, 3.8) is 0 Å². The van der Waals surface area contributed by atoms with Gasteiger partial charge in [0.15, 0.2) is 0 Å². The summed E-state index contributed by atoms with van der Waals surface area (Å²) < 4.78 is 0. The molecule has 0 spiro atoms. The van der Waals surface area contributed by atoms with Crippen molar-refractivity contribution in [1.82, 2.24) is 0 Å². The molecular formula is C11H9ClO. The fourth-order valence-corrected chi connectivity index (χ4v) is 1.05. The number of rotatable bonds is 1. The average Bonchev–Trinajstić information content (AvgIpc) is 2.12. The number of benzene rings is 1. The lowest BCUT2D eigenvalue weighted by molar-refractivity contribution is -0.107. The molecule has 13 heavy (non-hydrogen) atoms. The monoisotopic (exact) mass is 192 g/mol. The molecular weight excluding hydrogens is 184 g/mol.